The Balaban J connectivity index is 1.72. The van der Waals surface area contributed by atoms with Gasteiger partial charge in [0.1, 0.15) is 5.58 Å². The van der Waals surface area contributed by atoms with Crippen molar-refractivity contribution in [1.82, 2.24) is 9.88 Å². The van der Waals surface area contributed by atoms with E-state index in [1.165, 1.54) is 5.56 Å². The zero-order valence-corrected chi connectivity index (χ0v) is 17.5. The number of carbonyl (C=O) groups is 1. The fraction of sp³-hybridized carbons (Fsp3) is 0.192. The molecule has 0 radical (unpaired) electrons. The molecule has 1 atom stereocenters. The normalized spacial score (nSPS) is 15.5. The van der Waals surface area contributed by atoms with Crippen LogP contribution in [0.5, 0.6) is 0 Å². The number of carbonyl (C=O) groups excluding carboxylic acids is 1. The minimum Gasteiger partial charge on any atom is -0.450 e. The Morgan fingerprint density at radius 3 is 2.55 bits per heavy atom. The van der Waals surface area contributed by atoms with E-state index < -0.39 is 6.04 Å². The van der Waals surface area contributed by atoms with Crippen LogP contribution in [0.15, 0.2) is 76.2 Å². The van der Waals surface area contributed by atoms with Crippen molar-refractivity contribution < 1.29 is 9.21 Å². The zero-order valence-electron chi connectivity index (χ0n) is 17.5. The molecule has 0 fully saturated rings. The maximum atomic E-state index is 13.6. The predicted octanol–water partition coefficient (Wildman–Crippen LogP) is 4.80. The summed E-state index contributed by atoms with van der Waals surface area (Å²) in [4.78, 5) is 32.9. The van der Waals surface area contributed by atoms with Crippen molar-refractivity contribution in [3.8, 4) is 0 Å². The molecular formula is C26H22N2O3. The Labute approximate surface area is 180 Å². The smallest absolute Gasteiger partial charge is 0.291 e. The third-order valence-electron chi connectivity index (χ3n) is 5.90. The van der Waals surface area contributed by atoms with Crippen LogP contribution in [-0.4, -0.2) is 15.8 Å². The van der Waals surface area contributed by atoms with Gasteiger partial charge in [0, 0.05) is 18.9 Å². The summed E-state index contributed by atoms with van der Waals surface area (Å²) in [7, 11) is 0. The average molecular weight is 410 g/mol. The number of aryl methyl sites for hydroxylation is 2. The summed E-state index contributed by atoms with van der Waals surface area (Å²) >= 11 is 0. The largest absolute Gasteiger partial charge is 0.450 e. The third-order valence-corrected chi connectivity index (χ3v) is 5.90. The van der Waals surface area contributed by atoms with Gasteiger partial charge in [-0.1, -0.05) is 48.9 Å². The number of hydrogen-bond acceptors (Lipinski definition) is 4. The lowest BCUT2D eigenvalue weighted by Gasteiger charge is -2.25. The van der Waals surface area contributed by atoms with E-state index in [9.17, 15) is 9.59 Å². The second-order valence-corrected chi connectivity index (χ2v) is 7.97. The highest BCUT2D eigenvalue weighted by molar-refractivity contribution is 5.99. The summed E-state index contributed by atoms with van der Waals surface area (Å²) in [6, 6.07) is 16.8. The molecule has 31 heavy (non-hydrogen) atoms. The summed E-state index contributed by atoms with van der Waals surface area (Å²) in [6.45, 7) is 4.38. The van der Waals surface area contributed by atoms with Crippen molar-refractivity contribution in [3.05, 3.63) is 111 Å². The predicted molar refractivity (Wildman–Crippen MR) is 119 cm³/mol. The number of rotatable bonds is 4. The molecule has 154 valence electrons. The molecule has 0 spiro atoms. The Bertz CT molecular complexity index is 1340. The summed E-state index contributed by atoms with van der Waals surface area (Å²) in [6.07, 6.45) is 4.36. The molecule has 1 aliphatic heterocycles. The number of aromatic nitrogens is 1. The molecule has 1 aliphatic rings. The van der Waals surface area contributed by atoms with Gasteiger partial charge in [-0.3, -0.25) is 14.6 Å². The van der Waals surface area contributed by atoms with Crippen molar-refractivity contribution in [1.29, 1.82) is 0 Å². The Morgan fingerprint density at radius 2 is 1.84 bits per heavy atom. The number of hydrogen-bond donors (Lipinski definition) is 0. The van der Waals surface area contributed by atoms with Crippen LogP contribution < -0.4 is 5.43 Å². The molecule has 5 heteroatoms. The van der Waals surface area contributed by atoms with Crippen LogP contribution in [0.1, 0.15) is 51.3 Å². The van der Waals surface area contributed by atoms with Crippen LogP contribution in [0.25, 0.3) is 11.0 Å². The molecule has 0 bridgehead atoms. The molecule has 3 heterocycles. The molecule has 0 N–H and O–H groups in total. The quantitative estimate of drug-likeness (QED) is 0.485. The van der Waals surface area contributed by atoms with Crippen molar-refractivity contribution in [3.63, 3.8) is 0 Å². The number of nitrogens with zero attached hydrogens (tertiary/aromatic N) is 2. The summed E-state index contributed by atoms with van der Waals surface area (Å²) in [5.41, 5.74) is 4.67. The standard InChI is InChI=1S/C26H22N2O3/c1-3-17-7-9-19(10-8-17)23-22-24(29)20-13-16(2)6-11-21(20)31-25(22)26(30)28(23)15-18-5-4-12-27-14-18/h4-14,23H,3,15H2,1-2H3/t23-/m1/s1. The first-order valence-electron chi connectivity index (χ1n) is 10.4. The van der Waals surface area contributed by atoms with Crippen molar-refractivity contribution in [2.24, 2.45) is 0 Å². The van der Waals surface area contributed by atoms with Gasteiger partial charge in [-0.15, -0.1) is 0 Å². The number of benzene rings is 2. The topological polar surface area (TPSA) is 63.4 Å². The molecule has 0 aliphatic carbocycles. The van der Waals surface area contributed by atoms with Crippen LogP contribution in [0.3, 0.4) is 0 Å². The molecule has 0 saturated carbocycles. The van der Waals surface area contributed by atoms with E-state index in [4.69, 9.17) is 4.42 Å². The number of fused-ring (bicyclic) bond motifs is 2. The van der Waals surface area contributed by atoms with Gasteiger partial charge >= 0.3 is 0 Å². The average Bonchev–Trinajstić information content (AvgIpc) is 3.07. The van der Waals surface area contributed by atoms with Crippen molar-refractivity contribution >= 4 is 16.9 Å². The van der Waals surface area contributed by atoms with Gasteiger partial charge in [0.25, 0.3) is 5.91 Å². The van der Waals surface area contributed by atoms with Crippen LogP contribution in [0.4, 0.5) is 0 Å². The highest BCUT2D eigenvalue weighted by atomic mass is 16.3. The second-order valence-electron chi connectivity index (χ2n) is 7.97. The SMILES string of the molecule is CCc1ccc([C@@H]2c3c(oc4ccc(C)cc4c3=O)C(=O)N2Cc2cccnc2)cc1. The first kappa shape index (κ1) is 19.2. The van der Waals surface area contributed by atoms with E-state index in [0.717, 1.165) is 23.1 Å². The fourth-order valence-electron chi connectivity index (χ4n) is 4.27. The lowest BCUT2D eigenvalue weighted by molar-refractivity contribution is 0.0714. The Morgan fingerprint density at radius 1 is 1.03 bits per heavy atom. The van der Waals surface area contributed by atoms with Crippen LogP contribution in [-0.2, 0) is 13.0 Å². The maximum absolute atomic E-state index is 13.6. The van der Waals surface area contributed by atoms with E-state index in [1.54, 1.807) is 23.4 Å². The second kappa shape index (κ2) is 7.51. The molecule has 0 unspecified atom stereocenters. The molecule has 0 saturated heterocycles. The van der Waals surface area contributed by atoms with E-state index in [2.05, 4.69) is 11.9 Å². The molecular weight excluding hydrogens is 388 g/mol. The van der Waals surface area contributed by atoms with Gasteiger partial charge < -0.3 is 9.32 Å². The Kier molecular flexibility index (Phi) is 4.66. The Hall–Kier alpha value is -3.73. The van der Waals surface area contributed by atoms with Gasteiger partial charge in [0.2, 0.25) is 5.76 Å². The monoisotopic (exact) mass is 410 g/mol. The van der Waals surface area contributed by atoms with E-state index in [-0.39, 0.29) is 17.1 Å². The van der Waals surface area contributed by atoms with Gasteiger partial charge in [0.15, 0.2) is 5.43 Å². The van der Waals surface area contributed by atoms with Crippen molar-refractivity contribution in [2.75, 3.05) is 0 Å². The molecule has 4 aromatic rings. The zero-order chi connectivity index (χ0) is 21.5. The van der Waals surface area contributed by atoms with Gasteiger partial charge in [-0.2, -0.15) is 0 Å². The number of pyridine rings is 1. The highest BCUT2D eigenvalue weighted by Gasteiger charge is 2.42. The van der Waals surface area contributed by atoms with E-state index in [0.29, 0.717) is 23.1 Å². The fourth-order valence-corrected chi connectivity index (χ4v) is 4.27. The summed E-state index contributed by atoms with van der Waals surface area (Å²) in [5.74, 6) is -0.141. The maximum Gasteiger partial charge on any atom is 0.291 e. The van der Waals surface area contributed by atoms with E-state index in [1.807, 2.05) is 55.5 Å². The third kappa shape index (κ3) is 3.22. The van der Waals surface area contributed by atoms with Crippen molar-refractivity contribution in [2.45, 2.75) is 32.9 Å². The lowest BCUT2D eigenvalue weighted by Crippen LogP contribution is -2.29. The summed E-state index contributed by atoms with van der Waals surface area (Å²) < 4.78 is 6.01. The lowest BCUT2D eigenvalue weighted by atomic mass is 9.96. The van der Waals surface area contributed by atoms with Gasteiger partial charge in [-0.05, 0) is 48.2 Å². The minimum atomic E-state index is -0.505. The molecule has 1 amide bonds. The molecule has 5 rings (SSSR count). The van der Waals surface area contributed by atoms with E-state index >= 15 is 0 Å². The van der Waals surface area contributed by atoms with Gasteiger partial charge in [-0.25, -0.2) is 0 Å². The number of amides is 1. The van der Waals surface area contributed by atoms with Crippen LogP contribution in [0.2, 0.25) is 0 Å². The first-order valence-corrected chi connectivity index (χ1v) is 10.4. The highest BCUT2D eigenvalue weighted by Crippen LogP contribution is 2.39. The van der Waals surface area contributed by atoms with Gasteiger partial charge in [0.05, 0.1) is 17.0 Å². The first-order chi connectivity index (χ1) is 15.1. The molecule has 2 aromatic heterocycles. The summed E-state index contributed by atoms with van der Waals surface area (Å²) in [5, 5.41) is 0.505. The molecule has 2 aromatic carbocycles. The van der Waals surface area contributed by atoms with Crippen LogP contribution in [0, 0.1) is 6.92 Å². The minimum absolute atomic E-state index is 0.134. The van der Waals surface area contributed by atoms with Crippen LogP contribution >= 0.6 is 0 Å². The molecule has 5 nitrogen and oxygen atoms in total.